The second kappa shape index (κ2) is 9.49. The zero-order valence-electron chi connectivity index (χ0n) is 18.2. The molecule has 1 aliphatic heterocycles. The minimum atomic E-state index is -1.27. The van der Waals surface area contributed by atoms with Crippen LogP contribution in [-0.4, -0.2) is 79.4 Å². The third-order valence-electron chi connectivity index (χ3n) is 5.74. The van der Waals surface area contributed by atoms with Crippen LogP contribution in [0.3, 0.4) is 0 Å². The second-order valence-electron chi connectivity index (χ2n) is 8.02. The van der Waals surface area contributed by atoms with E-state index in [0.29, 0.717) is 19.1 Å². The van der Waals surface area contributed by atoms with Crippen LogP contribution in [0.1, 0.15) is 24.6 Å². The lowest BCUT2D eigenvalue weighted by atomic mass is 9.82. The summed E-state index contributed by atoms with van der Waals surface area (Å²) in [7, 11) is 3.58. The molecule has 1 saturated carbocycles. The largest absolute Gasteiger partial charge is 0.474 e. The normalized spacial score (nSPS) is 21.8. The first-order valence-corrected chi connectivity index (χ1v) is 11.5. The molecule has 11 heteroatoms. The van der Waals surface area contributed by atoms with Gasteiger partial charge < -0.3 is 19.8 Å². The van der Waals surface area contributed by atoms with Crippen LogP contribution in [0, 0.1) is 0 Å². The highest BCUT2D eigenvalue weighted by atomic mass is 32.2. The maximum atomic E-state index is 12.5. The Balaban J connectivity index is 0.00000245. The molecule has 1 aliphatic carbocycles. The summed E-state index contributed by atoms with van der Waals surface area (Å²) in [4.78, 5) is 16.0. The number of nitrogens with zero attached hydrogens (tertiary/aromatic N) is 6. The molecular weight excluding hydrogens is 432 g/mol. The van der Waals surface area contributed by atoms with Crippen LogP contribution in [0.2, 0.25) is 0 Å². The summed E-state index contributed by atoms with van der Waals surface area (Å²) in [5.41, 5.74) is 0.877. The molecule has 1 unspecified atom stereocenters. The summed E-state index contributed by atoms with van der Waals surface area (Å²) in [6.07, 6.45) is 6.93. The van der Waals surface area contributed by atoms with Gasteiger partial charge in [0.05, 0.1) is 24.1 Å². The van der Waals surface area contributed by atoms with Crippen LogP contribution in [-0.2, 0) is 15.9 Å². The monoisotopic (exact) mass is 460 g/mol. The van der Waals surface area contributed by atoms with Crippen molar-refractivity contribution in [3.05, 3.63) is 42.6 Å². The molecule has 0 aromatic carbocycles. The fourth-order valence-corrected chi connectivity index (χ4v) is 4.87. The summed E-state index contributed by atoms with van der Waals surface area (Å²) < 4.78 is 27.7. The number of hydrogen-bond acceptors (Lipinski definition) is 7. The molecule has 172 valence electrons. The lowest BCUT2D eigenvalue weighted by molar-refractivity contribution is 0.0918. The molecule has 2 fully saturated rings. The topological polar surface area (TPSA) is 117 Å². The van der Waals surface area contributed by atoms with Crippen LogP contribution in [0.5, 0.6) is 5.88 Å². The Hall–Kier alpha value is -2.60. The van der Waals surface area contributed by atoms with Crippen molar-refractivity contribution in [3.63, 3.8) is 0 Å². The van der Waals surface area contributed by atoms with E-state index in [1.807, 2.05) is 18.2 Å². The van der Waals surface area contributed by atoms with E-state index >= 15 is 0 Å². The Kier molecular flexibility index (Phi) is 6.70. The number of ether oxygens (including phenoxy) is 2. The molecule has 0 bridgehead atoms. The number of pyridine rings is 2. The SMILES string of the molecule is CN(C)S(=O)n1ccnc1C1CC(Oc2nc(N3CCOCC3)cc3ncccc23)C1.O. The van der Waals surface area contributed by atoms with Gasteiger partial charge in [-0.1, -0.05) is 0 Å². The van der Waals surface area contributed by atoms with Crippen LogP contribution in [0.25, 0.3) is 10.9 Å². The van der Waals surface area contributed by atoms with E-state index in [1.54, 1.807) is 41.0 Å². The minimum Gasteiger partial charge on any atom is -0.474 e. The summed E-state index contributed by atoms with van der Waals surface area (Å²) in [6, 6.07) is 5.92. The predicted octanol–water partition coefficient (Wildman–Crippen LogP) is 1.15. The first-order chi connectivity index (χ1) is 15.1. The van der Waals surface area contributed by atoms with Crippen molar-refractivity contribution in [2.75, 3.05) is 45.3 Å². The van der Waals surface area contributed by atoms with Gasteiger partial charge in [-0.2, -0.15) is 4.98 Å². The van der Waals surface area contributed by atoms with Gasteiger partial charge in [0.15, 0.2) is 0 Å². The highest BCUT2D eigenvalue weighted by Gasteiger charge is 2.36. The van der Waals surface area contributed by atoms with E-state index in [9.17, 15) is 4.21 Å². The van der Waals surface area contributed by atoms with Crippen molar-refractivity contribution in [2.24, 2.45) is 0 Å². The van der Waals surface area contributed by atoms with Crippen LogP contribution >= 0.6 is 0 Å². The molecular formula is C21H28N6O4S. The van der Waals surface area contributed by atoms with Crippen molar-refractivity contribution in [1.82, 2.24) is 23.2 Å². The molecule has 10 nitrogen and oxygen atoms in total. The van der Waals surface area contributed by atoms with Gasteiger partial charge in [0.2, 0.25) is 17.1 Å². The molecule has 2 N–H and O–H groups in total. The third kappa shape index (κ3) is 4.33. The summed E-state index contributed by atoms with van der Waals surface area (Å²) in [5.74, 6) is 2.55. The Labute approximate surface area is 189 Å². The number of rotatable bonds is 6. The molecule has 5 rings (SSSR count). The minimum absolute atomic E-state index is 0. The highest BCUT2D eigenvalue weighted by molar-refractivity contribution is 7.81. The Bertz CT molecular complexity index is 1090. The number of fused-ring (bicyclic) bond motifs is 1. The lowest BCUT2D eigenvalue weighted by Crippen LogP contribution is -2.37. The average molecular weight is 461 g/mol. The number of hydrogen-bond donors (Lipinski definition) is 0. The fraction of sp³-hybridized carbons (Fsp3) is 0.476. The van der Waals surface area contributed by atoms with Crippen molar-refractivity contribution in [2.45, 2.75) is 24.9 Å². The molecule has 2 aliphatic rings. The molecule has 0 radical (unpaired) electrons. The van der Waals surface area contributed by atoms with E-state index in [1.165, 1.54) is 0 Å². The molecule has 3 aromatic heterocycles. The molecule has 0 amide bonds. The molecule has 4 heterocycles. The quantitative estimate of drug-likeness (QED) is 0.542. The number of morpholine rings is 1. The van der Waals surface area contributed by atoms with Crippen molar-refractivity contribution in [1.29, 1.82) is 0 Å². The van der Waals surface area contributed by atoms with Crippen LogP contribution < -0.4 is 9.64 Å². The van der Waals surface area contributed by atoms with E-state index in [0.717, 1.165) is 48.5 Å². The van der Waals surface area contributed by atoms with E-state index < -0.39 is 11.2 Å². The van der Waals surface area contributed by atoms with Crippen molar-refractivity contribution in [3.8, 4) is 5.88 Å². The summed E-state index contributed by atoms with van der Waals surface area (Å²) in [5, 5.41) is 0.915. The lowest BCUT2D eigenvalue weighted by Gasteiger charge is -2.35. The third-order valence-corrected chi connectivity index (χ3v) is 7.01. The Morgan fingerprint density at radius 3 is 2.72 bits per heavy atom. The number of aromatic nitrogens is 4. The number of imidazole rings is 1. The van der Waals surface area contributed by atoms with Crippen LogP contribution in [0.15, 0.2) is 36.8 Å². The summed E-state index contributed by atoms with van der Waals surface area (Å²) >= 11 is -1.27. The maximum absolute atomic E-state index is 12.5. The highest BCUT2D eigenvalue weighted by Crippen LogP contribution is 2.40. The molecule has 3 aromatic rings. The first-order valence-electron chi connectivity index (χ1n) is 10.5. The molecule has 1 saturated heterocycles. The Morgan fingerprint density at radius 2 is 1.97 bits per heavy atom. The smallest absolute Gasteiger partial charge is 0.225 e. The van der Waals surface area contributed by atoms with Gasteiger partial charge in [0.1, 0.15) is 17.7 Å². The fourth-order valence-electron chi connectivity index (χ4n) is 4.00. The zero-order chi connectivity index (χ0) is 21.4. The predicted molar refractivity (Wildman–Crippen MR) is 122 cm³/mol. The van der Waals surface area contributed by atoms with Gasteiger partial charge in [-0.3, -0.25) is 4.98 Å². The van der Waals surface area contributed by atoms with Gasteiger partial charge in [0.25, 0.3) is 0 Å². The zero-order valence-corrected chi connectivity index (χ0v) is 19.0. The molecule has 1 atom stereocenters. The van der Waals surface area contributed by atoms with Crippen LogP contribution in [0.4, 0.5) is 5.82 Å². The summed E-state index contributed by atoms with van der Waals surface area (Å²) in [6.45, 7) is 3.01. The standard InChI is InChI=1S/C21H26N6O3S.H2O/c1-25(2)31(28)27-7-6-23-20(27)15-12-16(13-15)30-21-17-4-3-5-22-18(17)14-19(24-21)26-8-10-29-11-9-26;/h3-7,14-16H,8-13H2,1-2H3;1H2. The van der Waals surface area contributed by atoms with Gasteiger partial charge in [-0.25, -0.2) is 17.5 Å². The second-order valence-corrected chi connectivity index (χ2v) is 9.60. The van der Waals surface area contributed by atoms with E-state index in [-0.39, 0.29) is 17.5 Å². The molecule has 32 heavy (non-hydrogen) atoms. The van der Waals surface area contributed by atoms with E-state index in [2.05, 4.69) is 14.9 Å². The van der Waals surface area contributed by atoms with Gasteiger partial charge >= 0.3 is 0 Å². The number of anilines is 1. The van der Waals surface area contributed by atoms with Gasteiger partial charge in [-0.15, -0.1) is 0 Å². The Morgan fingerprint density at radius 1 is 1.19 bits per heavy atom. The van der Waals surface area contributed by atoms with Crippen molar-refractivity contribution >= 4 is 27.9 Å². The van der Waals surface area contributed by atoms with Gasteiger partial charge in [-0.05, 0) is 25.0 Å². The van der Waals surface area contributed by atoms with E-state index in [4.69, 9.17) is 14.5 Å². The van der Waals surface area contributed by atoms with Gasteiger partial charge in [0, 0.05) is 57.8 Å². The maximum Gasteiger partial charge on any atom is 0.225 e. The molecule has 0 spiro atoms. The first kappa shape index (κ1) is 22.6. The average Bonchev–Trinajstić information content (AvgIpc) is 3.24. The van der Waals surface area contributed by atoms with Crippen molar-refractivity contribution < 1.29 is 19.2 Å².